The molecule has 0 rings (SSSR count). The molecule has 0 atom stereocenters. The molecular weight excluding hydrogens is 244 g/mol. The molecule has 0 unspecified atom stereocenters. The third kappa shape index (κ3) is 6.96. The molecule has 0 bridgehead atoms. The average molecular weight is 270 g/mol. The molecule has 110 valence electrons. The van der Waals surface area contributed by atoms with Gasteiger partial charge in [0.05, 0.1) is 7.11 Å². The first-order valence-electron chi connectivity index (χ1n) is 6.86. The van der Waals surface area contributed by atoms with Crippen molar-refractivity contribution in [3.8, 4) is 0 Å². The van der Waals surface area contributed by atoms with Crippen LogP contribution in [0.5, 0.6) is 0 Å². The van der Waals surface area contributed by atoms with Crippen LogP contribution < -0.4 is 5.32 Å². The van der Waals surface area contributed by atoms with Gasteiger partial charge in [-0.3, -0.25) is 4.79 Å². The Morgan fingerprint density at radius 1 is 1.21 bits per heavy atom. The van der Waals surface area contributed by atoms with Crippen molar-refractivity contribution >= 4 is 11.9 Å². The summed E-state index contributed by atoms with van der Waals surface area (Å²) < 4.78 is 4.66. The van der Waals surface area contributed by atoms with E-state index in [4.69, 9.17) is 0 Å². The zero-order valence-electron chi connectivity index (χ0n) is 12.5. The van der Waals surface area contributed by atoms with E-state index < -0.39 is 0 Å². The smallest absolute Gasteiger partial charge is 0.333 e. The zero-order valence-corrected chi connectivity index (χ0v) is 12.5. The van der Waals surface area contributed by atoms with E-state index in [9.17, 15) is 9.59 Å². The number of hydrogen-bond donors (Lipinski definition) is 1. The summed E-state index contributed by atoms with van der Waals surface area (Å²) in [5, 5.41) is 3.13. The summed E-state index contributed by atoms with van der Waals surface area (Å²) >= 11 is 0. The Morgan fingerprint density at radius 2 is 1.84 bits per heavy atom. The van der Waals surface area contributed by atoms with E-state index in [1.54, 1.807) is 0 Å². The Kier molecular flexibility index (Phi) is 9.80. The summed E-state index contributed by atoms with van der Waals surface area (Å²) in [7, 11) is 1.38. The molecule has 0 aliphatic rings. The number of ether oxygens (including phenoxy) is 1. The Morgan fingerprint density at radius 3 is 2.32 bits per heavy atom. The molecule has 5 nitrogen and oxygen atoms in total. The standard InChI is InChI=1S/C14H26N2O3/c1-5-12(14(18)19-4)8-10-15-11-9-13(17)16(6-2)7-3/h8,15H,5-7,9-11H2,1-4H3/b12-8-. The largest absolute Gasteiger partial charge is 0.466 e. The van der Waals surface area contributed by atoms with Crippen molar-refractivity contribution in [2.45, 2.75) is 33.6 Å². The highest BCUT2D eigenvalue weighted by molar-refractivity contribution is 5.88. The molecule has 1 amide bonds. The molecule has 5 heteroatoms. The van der Waals surface area contributed by atoms with Gasteiger partial charge in [-0.15, -0.1) is 0 Å². The highest BCUT2D eigenvalue weighted by atomic mass is 16.5. The van der Waals surface area contributed by atoms with Gasteiger partial charge >= 0.3 is 5.97 Å². The second-order valence-electron chi connectivity index (χ2n) is 4.09. The van der Waals surface area contributed by atoms with Crippen LogP contribution in [0.2, 0.25) is 0 Å². The van der Waals surface area contributed by atoms with E-state index in [0.717, 1.165) is 13.1 Å². The van der Waals surface area contributed by atoms with Gasteiger partial charge in [-0.25, -0.2) is 4.79 Å². The number of hydrogen-bond acceptors (Lipinski definition) is 4. The van der Waals surface area contributed by atoms with Gasteiger partial charge in [0.1, 0.15) is 0 Å². The van der Waals surface area contributed by atoms with Crippen molar-refractivity contribution in [3.63, 3.8) is 0 Å². The fourth-order valence-electron chi connectivity index (χ4n) is 1.73. The highest BCUT2D eigenvalue weighted by Crippen LogP contribution is 2.01. The van der Waals surface area contributed by atoms with E-state index in [1.165, 1.54) is 7.11 Å². The van der Waals surface area contributed by atoms with Gasteiger partial charge in [0.15, 0.2) is 0 Å². The molecule has 0 aliphatic carbocycles. The Labute approximate surface area is 116 Å². The SMILES string of the molecule is CC/C(=C/CNCCC(=O)N(CC)CC)C(=O)OC. The van der Waals surface area contributed by atoms with Crippen LogP contribution in [-0.4, -0.2) is 50.1 Å². The van der Waals surface area contributed by atoms with Crippen LogP contribution in [0.15, 0.2) is 11.6 Å². The second-order valence-corrected chi connectivity index (χ2v) is 4.09. The van der Waals surface area contributed by atoms with Gasteiger partial charge in [-0.2, -0.15) is 0 Å². The van der Waals surface area contributed by atoms with Crippen LogP contribution in [-0.2, 0) is 14.3 Å². The second kappa shape index (κ2) is 10.6. The van der Waals surface area contributed by atoms with Crippen molar-refractivity contribution in [2.24, 2.45) is 0 Å². The third-order valence-corrected chi connectivity index (χ3v) is 2.95. The maximum absolute atomic E-state index is 11.7. The van der Waals surface area contributed by atoms with Gasteiger partial charge in [0.25, 0.3) is 0 Å². The molecule has 0 saturated heterocycles. The minimum atomic E-state index is -0.288. The monoisotopic (exact) mass is 270 g/mol. The van der Waals surface area contributed by atoms with E-state index in [1.807, 2.05) is 31.7 Å². The number of carbonyl (C=O) groups excluding carboxylic acids is 2. The summed E-state index contributed by atoms with van der Waals surface area (Å²) in [4.78, 5) is 24.8. The predicted molar refractivity (Wildman–Crippen MR) is 75.8 cm³/mol. The van der Waals surface area contributed by atoms with Crippen LogP contribution >= 0.6 is 0 Å². The predicted octanol–water partition coefficient (Wildman–Crippen LogP) is 1.34. The molecule has 0 saturated carbocycles. The molecule has 0 aromatic carbocycles. The minimum absolute atomic E-state index is 0.158. The van der Waals surface area contributed by atoms with Crippen molar-refractivity contribution < 1.29 is 14.3 Å². The van der Waals surface area contributed by atoms with Gasteiger partial charge in [0, 0.05) is 38.2 Å². The van der Waals surface area contributed by atoms with E-state index >= 15 is 0 Å². The number of carbonyl (C=O) groups is 2. The number of amides is 1. The number of nitrogens with zero attached hydrogens (tertiary/aromatic N) is 1. The molecular formula is C14H26N2O3. The van der Waals surface area contributed by atoms with Crippen LogP contribution in [0.4, 0.5) is 0 Å². The fourth-order valence-corrected chi connectivity index (χ4v) is 1.73. The fraction of sp³-hybridized carbons (Fsp3) is 0.714. The Balaban J connectivity index is 3.95. The maximum Gasteiger partial charge on any atom is 0.333 e. The lowest BCUT2D eigenvalue weighted by Gasteiger charge is -2.18. The van der Waals surface area contributed by atoms with Crippen molar-refractivity contribution in [3.05, 3.63) is 11.6 Å². The van der Waals surface area contributed by atoms with Crippen LogP contribution in [0.25, 0.3) is 0 Å². The van der Waals surface area contributed by atoms with Gasteiger partial charge in [-0.05, 0) is 20.3 Å². The number of esters is 1. The van der Waals surface area contributed by atoms with Crippen LogP contribution in [0.3, 0.4) is 0 Å². The van der Waals surface area contributed by atoms with Gasteiger partial charge in [-0.1, -0.05) is 13.0 Å². The van der Waals surface area contributed by atoms with Crippen LogP contribution in [0, 0.1) is 0 Å². The maximum atomic E-state index is 11.7. The molecule has 19 heavy (non-hydrogen) atoms. The molecule has 0 aromatic heterocycles. The van der Waals surface area contributed by atoms with Gasteiger partial charge in [0.2, 0.25) is 5.91 Å². The van der Waals surface area contributed by atoms with Crippen molar-refractivity contribution in [1.82, 2.24) is 10.2 Å². The lowest BCUT2D eigenvalue weighted by molar-refractivity contribution is -0.136. The normalized spacial score (nSPS) is 11.3. The van der Waals surface area contributed by atoms with Crippen molar-refractivity contribution in [1.29, 1.82) is 0 Å². The number of methoxy groups -OCH3 is 1. The summed E-state index contributed by atoms with van der Waals surface area (Å²) in [6, 6.07) is 0. The Hall–Kier alpha value is -1.36. The number of nitrogens with one attached hydrogen (secondary N) is 1. The topological polar surface area (TPSA) is 58.6 Å². The first-order chi connectivity index (χ1) is 9.10. The van der Waals surface area contributed by atoms with E-state index in [-0.39, 0.29) is 11.9 Å². The Bertz CT molecular complexity index is 310. The molecule has 0 radical (unpaired) electrons. The molecule has 1 N–H and O–H groups in total. The van der Waals surface area contributed by atoms with Crippen LogP contribution in [0.1, 0.15) is 33.6 Å². The third-order valence-electron chi connectivity index (χ3n) is 2.95. The molecule has 0 aliphatic heterocycles. The summed E-state index contributed by atoms with van der Waals surface area (Å²) in [5.41, 5.74) is 0.657. The van der Waals surface area contributed by atoms with Crippen molar-refractivity contribution in [2.75, 3.05) is 33.3 Å². The summed E-state index contributed by atoms with van der Waals surface area (Å²) in [6.07, 6.45) is 2.94. The zero-order chi connectivity index (χ0) is 14.7. The molecule has 0 spiro atoms. The first kappa shape index (κ1) is 17.6. The molecule has 0 fully saturated rings. The lowest BCUT2D eigenvalue weighted by Crippen LogP contribution is -2.32. The first-order valence-corrected chi connectivity index (χ1v) is 6.86. The summed E-state index contributed by atoms with van der Waals surface area (Å²) in [5.74, 6) is -0.131. The average Bonchev–Trinajstić information content (AvgIpc) is 2.43. The lowest BCUT2D eigenvalue weighted by atomic mass is 10.2. The van der Waals surface area contributed by atoms with Gasteiger partial charge < -0.3 is 15.0 Å². The molecule has 0 aromatic rings. The highest BCUT2D eigenvalue weighted by Gasteiger charge is 2.08. The minimum Gasteiger partial charge on any atom is -0.466 e. The molecule has 0 heterocycles. The quantitative estimate of drug-likeness (QED) is 0.390. The van der Waals surface area contributed by atoms with E-state index in [0.29, 0.717) is 31.5 Å². The number of rotatable bonds is 9. The van der Waals surface area contributed by atoms with E-state index in [2.05, 4.69) is 10.1 Å². The summed E-state index contributed by atoms with van der Waals surface area (Å²) in [6.45, 7) is 8.54.